The molecule has 0 spiro atoms. The summed E-state index contributed by atoms with van der Waals surface area (Å²) in [6.45, 7) is 4.17. The number of aromatic nitrogens is 4. The number of hydrogen-bond acceptors (Lipinski definition) is 6. The number of nitrogens with zero attached hydrogens (tertiary/aromatic N) is 6. The molecule has 0 saturated carbocycles. The molecule has 0 N–H and O–H groups in total. The van der Waals surface area contributed by atoms with Gasteiger partial charge in [0.05, 0.1) is 6.04 Å². The molecule has 0 bridgehead atoms. The molecule has 0 amide bonds. The fourth-order valence-electron chi connectivity index (χ4n) is 3.82. The van der Waals surface area contributed by atoms with Crippen molar-refractivity contribution in [3.05, 3.63) is 36.0 Å². The number of piperidine rings is 1. The Bertz CT molecular complexity index is 779. The van der Waals surface area contributed by atoms with Gasteiger partial charge >= 0.3 is 6.18 Å². The molecule has 4 rings (SSSR count). The van der Waals surface area contributed by atoms with Gasteiger partial charge in [-0.2, -0.15) is 13.2 Å². The topological polar surface area (TPSA) is 58.0 Å². The van der Waals surface area contributed by atoms with Gasteiger partial charge in [0.1, 0.15) is 17.8 Å². The van der Waals surface area contributed by atoms with E-state index in [4.69, 9.17) is 0 Å². The summed E-state index contributed by atoms with van der Waals surface area (Å²) in [7, 11) is 0. The molecule has 0 aliphatic carbocycles. The van der Waals surface area contributed by atoms with Gasteiger partial charge in [-0.25, -0.2) is 19.9 Å². The van der Waals surface area contributed by atoms with Gasteiger partial charge in [0.15, 0.2) is 0 Å². The zero-order valence-corrected chi connectivity index (χ0v) is 14.3. The molecule has 0 radical (unpaired) electrons. The molecule has 2 aromatic rings. The van der Waals surface area contributed by atoms with Crippen molar-refractivity contribution in [3.63, 3.8) is 0 Å². The van der Waals surface area contributed by atoms with Gasteiger partial charge in [-0.15, -0.1) is 0 Å². The molecule has 2 aromatic heterocycles. The molecule has 138 valence electrons. The maximum absolute atomic E-state index is 13.0. The third-order valence-corrected chi connectivity index (χ3v) is 5.15. The number of halogens is 3. The Balaban J connectivity index is 1.57. The van der Waals surface area contributed by atoms with Crippen molar-refractivity contribution in [1.82, 2.24) is 19.9 Å². The first kappa shape index (κ1) is 17.0. The monoisotopic (exact) mass is 364 g/mol. The SMILES string of the molecule is Cc1cnc(N2CCC3CCN(c4cc(C(F)(F)F)ncn4)C3C2)nc1. The molecule has 2 fully saturated rings. The van der Waals surface area contributed by atoms with Crippen LogP contribution in [0.3, 0.4) is 0 Å². The Hall–Kier alpha value is -2.45. The fraction of sp³-hybridized carbons (Fsp3) is 0.529. The van der Waals surface area contributed by atoms with Crippen LogP contribution in [0.4, 0.5) is 24.9 Å². The van der Waals surface area contributed by atoms with Gasteiger partial charge in [0, 0.05) is 38.1 Å². The van der Waals surface area contributed by atoms with E-state index in [1.807, 2.05) is 11.8 Å². The van der Waals surface area contributed by atoms with Crippen LogP contribution in [0.5, 0.6) is 0 Å². The molecule has 2 aliphatic rings. The van der Waals surface area contributed by atoms with E-state index in [0.29, 0.717) is 30.8 Å². The summed E-state index contributed by atoms with van der Waals surface area (Å²) < 4.78 is 38.9. The number of anilines is 2. The van der Waals surface area contributed by atoms with Crippen molar-refractivity contribution in [2.75, 3.05) is 29.4 Å². The maximum Gasteiger partial charge on any atom is 0.433 e. The van der Waals surface area contributed by atoms with E-state index >= 15 is 0 Å². The van der Waals surface area contributed by atoms with Crippen molar-refractivity contribution < 1.29 is 13.2 Å². The van der Waals surface area contributed by atoms with Crippen LogP contribution in [0.25, 0.3) is 0 Å². The van der Waals surface area contributed by atoms with Crippen LogP contribution in [0.1, 0.15) is 24.1 Å². The lowest BCUT2D eigenvalue weighted by Crippen LogP contribution is -2.49. The minimum absolute atomic E-state index is 0.102. The second kappa shape index (κ2) is 6.37. The predicted molar refractivity (Wildman–Crippen MR) is 89.9 cm³/mol. The summed E-state index contributed by atoms with van der Waals surface area (Å²) in [5.74, 6) is 1.45. The third kappa shape index (κ3) is 3.17. The lowest BCUT2D eigenvalue weighted by molar-refractivity contribution is -0.141. The Morgan fingerprint density at radius 3 is 2.50 bits per heavy atom. The van der Waals surface area contributed by atoms with Crippen molar-refractivity contribution >= 4 is 11.8 Å². The molecule has 4 heterocycles. The third-order valence-electron chi connectivity index (χ3n) is 5.15. The lowest BCUT2D eigenvalue weighted by Gasteiger charge is -2.38. The van der Waals surface area contributed by atoms with Crippen molar-refractivity contribution in [3.8, 4) is 0 Å². The molecule has 2 saturated heterocycles. The molecule has 2 atom stereocenters. The van der Waals surface area contributed by atoms with Gasteiger partial charge in [0.25, 0.3) is 0 Å². The number of rotatable bonds is 2. The van der Waals surface area contributed by atoms with Gasteiger partial charge < -0.3 is 9.80 Å². The highest BCUT2D eigenvalue weighted by Crippen LogP contribution is 2.36. The van der Waals surface area contributed by atoms with Crippen LogP contribution in [0.2, 0.25) is 0 Å². The average molecular weight is 364 g/mol. The first-order valence-electron chi connectivity index (χ1n) is 8.61. The Morgan fingerprint density at radius 1 is 1.04 bits per heavy atom. The van der Waals surface area contributed by atoms with Crippen LogP contribution in [-0.2, 0) is 6.18 Å². The summed E-state index contributed by atoms with van der Waals surface area (Å²) in [6.07, 6.45) is 2.01. The molecule has 2 aliphatic heterocycles. The lowest BCUT2D eigenvalue weighted by atomic mass is 9.92. The highest BCUT2D eigenvalue weighted by molar-refractivity contribution is 5.45. The van der Waals surface area contributed by atoms with E-state index in [1.165, 1.54) is 0 Å². The zero-order valence-electron chi connectivity index (χ0n) is 14.3. The van der Waals surface area contributed by atoms with Crippen LogP contribution in [0, 0.1) is 12.8 Å². The second-order valence-corrected chi connectivity index (χ2v) is 6.86. The summed E-state index contributed by atoms with van der Waals surface area (Å²) in [6, 6.07) is 1.15. The Morgan fingerprint density at radius 2 is 1.77 bits per heavy atom. The molecule has 26 heavy (non-hydrogen) atoms. The standard InChI is InChI=1S/C17H19F3N6/c1-11-7-21-16(22-8-11)25-4-2-12-3-5-26(13(12)9-25)15-6-14(17(18,19)20)23-10-24-15/h6-8,10,12-13H,2-5,9H2,1H3. The van der Waals surface area contributed by atoms with E-state index in [1.54, 1.807) is 12.4 Å². The Kier molecular flexibility index (Phi) is 4.16. The predicted octanol–water partition coefficient (Wildman–Crippen LogP) is 2.70. The van der Waals surface area contributed by atoms with E-state index in [0.717, 1.165) is 37.3 Å². The normalized spacial score (nSPS) is 23.2. The minimum atomic E-state index is -4.47. The van der Waals surface area contributed by atoms with Gasteiger partial charge in [-0.3, -0.25) is 0 Å². The summed E-state index contributed by atoms with van der Waals surface area (Å²) >= 11 is 0. The quantitative estimate of drug-likeness (QED) is 0.817. The molecular weight excluding hydrogens is 345 g/mol. The summed E-state index contributed by atoms with van der Waals surface area (Å²) in [5.41, 5.74) is 0.0901. The molecule has 6 nitrogen and oxygen atoms in total. The first-order valence-corrected chi connectivity index (χ1v) is 8.61. The van der Waals surface area contributed by atoms with Gasteiger partial charge in [-0.1, -0.05) is 0 Å². The number of aryl methyl sites for hydroxylation is 1. The average Bonchev–Trinajstić information content (AvgIpc) is 3.05. The number of hydrogen-bond donors (Lipinski definition) is 0. The smallest absolute Gasteiger partial charge is 0.351 e. The zero-order chi connectivity index (χ0) is 18.3. The van der Waals surface area contributed by atoms with Gasteiger partial charge in [-0.05, 0) is 31.2 Å². The van der Waals surface area contributed by atoms with Crippen LogP contribution in [0.15, 0.2) is 24.8 Å². The van der Waals surface area contributed by atoms with E-state index < -0.39 is 11.9 Å². The Labute approximate surface area is 149 Å². The summed E-state index contributed by atoms with van der Waals surface area (Å²) in [4.78, 5) is 20.3. The van der Waals surface area contributed by atoms with Crippen LogP contribution < -0.4 is 9.80 Å². The molecule has 0 aromatic carbocycles. The van der Waals surface area contributed by atoms with E-state index in [9.17, 15) is 13.2 Å². The van der Waals surface area contributed by atoms with E-state index in [2.05, 4.69) is 24.8 Å². The highest BCUT2D eigenvalue weighted by atomic mass is 19.4. The highest BCUT2D eigenvalue weighted by Gasteiger charge is 2.40. The van der Waals surface area contributed by atoms with Gasteiger partial charge in [0.2, 0.25) is 5.95 Å². The minimum Gasteiger partial charge on any atom is -0.351 e. The summed E-state index contributed by atoms with van der Waals surface area (Å²) in [5, 5.41) is 0. The van der Waals surface area contributed by atoms with Crippen molar-refractivity contribution in [1.29, 1.82) is 0 Å². The van der Waals surface area contributed by atoms with Crippen LogP contribution in [-0.4, -0.2) is 45.6 Å². The molecular formula is C17H19F3N6. The largest absolute Gasteiger partial charge is 0.433 e. The van der Waals surface area contributed by atoms with Crippen LogP contribution >= 0.6 is 0 Å². The fourth-order valence-corrected chi connectivity index (χ4v) is 3.82. The van der Waals surface area contributed by atoms with Crippen molar-refractivity contribution in [2.24, 2.45) is 5.92 Å². The van der Waals surface area contributed by atoms with Crippen molar-refractivity contribution in [2.45, 2.75) is 32.0 Å². The molecule has 9 heteroatoms. The first-order chi connectivity index (χ1) is 12.4. The number of alkyl halides is 3. The van der Waals surface area contributed by atoms with E-state index in [-0.39, 0.29) is 6.04 Å². The second-order valence-electron chi connectivity index (χ2n) is 6.86. The number of fused-ring (bicyclic) bond motifs is 1. The maximum atomic E-state index is 13.0. The molecule has 2 unspecified atom stereocenters.